The van der Waals surface area contributed by atoms with Crippen molar-refractivity contribution >= 4 is 17.3 Å². The lowest BCUT2D eigenvalue weighted by molar-refractivity contribution is -0.116. The maximum atomic E-state index is 10.7. The van der Waals surface area contributed by atoms with Gasteiger partial charge < -0.3 is 11.1 Å². The van der Waals surface area contributed by atoms with E-state index in [0.29, 0.717) is 0 Å². The number of nitrogens with one attached hydrogen (secondary N) is 1. The van der Waals surface area contributed by atoms with Crippen molar-refractivity contribution in [2.24, 2.45) is 5.73 Å². The molecule has 4 nitrogen and oxygen atoms in total. The highest BCUT2D eigenvalue weighted by Gasteiger charge is 2.20. The maximum absolute atomic E-state index is 10.7. The van der Waals surface area contributed by atoms with E-state index in [4.69, 9.17) is 11.1 Å². The van der Waals surface area contributed by atoms with Gasteiger partial charge in [0.05, 0.1) is 17.8 Å². The highest BCUT2D eigenvalue weighted by atomic mass is 16.1. The van der Waals surface area contributed by atoms with E-state index in [2.05, 4.69) is 0 Å². The van der Waals surface area contributed by atoms with Crippen LogP contribution in [0.5, 0.6) is 0 Å². The van der Waals surface area contributed by atoms with Crippen molar-refractivity contribution in [2.75, 3.05) is 0 Å². The summed E-state index contributed by atoms with van der Waals surface area (Å²) in [6.45, 7) is 0. The van der Waals surface area contributed by atoms with E-state index in [1.165, 1.54) is 0 Å². The van der Waals surface area contributed by atoms with Gasteiger partial charge >= 0.3 is 0 Å². The third-order valence-corrected chi connectivity index (χ3v) is 1.24. The van der Waals surface area contributed by atoms with E-state index in [9.17, 15) is 9.59 Å². The van der Waals surface area contributed by atoms with Gasteiger partial charge in [0, 0.05) is 6.08 Å². The number of carbonyl (C=O) groups excluding carboxylic acids is 2. The molecule has 0 saturated carbocycles. The van der Waals surface area contributed by atoms with Gasteiger partial charge in [-0.15, -0.1) is 0 Å². The van der Waals surface area contributed by atoms with Crippen molar-refractivity contribution in [3.63, 3.8) is 0 Å². The first-order valence-corrected chi connectivity index (χ1v) is 2.73. The number of Topliss-reactive ketones (excluding diaryl/α,β-unsaturated/α-hetero) is 1. The van der Waals surface area contributed by atoms with Crippen LogP contribution in [0.1, 0.15) is 6.42 Å². The first-order chi connectivity index (χ1) is 4.61. The summed E-state index contributed by atoms with van der Waals surface area (Å²) in [5.74, 6) is -0.804. The van der Waals surface area contributed by atoms with Gasteiger partial charge in [0.15, 0.2) is 5.78 Å². The van der Waals surface area contributed by atoms with Gasteiger partial charge in [0.1, 0.15) is 0 Å². The third kappa shape index (κ3) is 0.953. The predicted octanol–water partition coefficient (Wildman–Crippen LogP) is -0.609. The van der Waals surface area contributed by atoms with Crippen LogP contribution in [0, 0.1) is 5.41 Å². The van der Waals surface area contributed by atoms with Gasteiger partial charge in [-0.25, -0.2) is 0 Å². The highest BCUT2D eigenvalue weighted by molar-refractivity contribution is 6.48. The zero-order chi connectivity index (χ0) is 7.72. The largest absolute Gasteiger partial charge is 0.396 e. The number of rotatable bonds is 0. The van der Waals surface area contributed by atoms with Crippen molar-refractivity contribution < 1.29 is 9.59 Å². The summed E-state index contributed by atoms with van der Waals surface area (Å²) in [6.07, 6.45) is 0.843. The Morgan fingerprint density at radius 3 is 2.60 bits per heavy atom. The Labute approximate surface area is 57.2 Å². The first-order valence-electron chi connectivity index (χ1n) is 2.73. The molecule has 10 heavy (non-hydrogen) atoms. The Morgan fingerprint density at radius 1 is 1.50 bits per heavy atom. The average Bonchev–Trinajstić information content (AvgIpc) is 1.84. The van der Waals surface area contributed by atoms with E-state index >= 15 is 0 Å². The molecule has 1 aliphatic carbocycles. The molecule has 0 radical (unpaired) electrons. The Bertz CT molecular complexity index is 252. The van der Waals surface area contributed by atoms with Crippen molar-refractivity contribution in [3.8, 4) is 0 Å². The summed E-state index contributed by atoms with van der Waals surface area (Å²) in [5.41, 5.74) is 4.90. The molecule has 1 aliphatic rings. The van der Waals surface area contributed by atoms with Crippen LogP contribution < -0.4 is 5.73 Å². The van der Waals surface area contributed by atoms with Crippen LogP contribution in [0.2, 0.25) is 0 Å². The molecular formula is C6H6N2O2. The number of carbonyl (C=O) groups is 2. The molecule has 1 rings (SSSR count). The van der Waals surface area contributed by atoms with E-state index in [1.807, 2.05) is 0 Å². The lowest BCUT2D eigenvalue weighted by Crippen LogP contribution is -2.26. The second-order valence-electron chi connectivity index (χ2n) is 2.04. The van der Waals surface area contributed by atoms with E-state index in [-0.39, 0.29) is 23.6 Å². The number of hydrogen-bond acceptors (Lipinski definition) is 4. The second kappa shape index (κ2) is 2.06. The molecule has 0 saturated heterocycles. The summed E-state index contributed by atoms with van der Waals surface area (Å²) in [5, 5.41) is 6.94. The fraction of sp³-hybridized carbons (Fsp3) is 0.167. The zero-order valence-electron chi connectivity index (χ0n) is 5.18. The van der Waals surface area contributed by atoms with Gasteiger partial charge in [0.25, 0.3) is 0 Å². The fourth-order valence-corrected chi connectivity index (χ4v) is 0.659. The van der Waals surface area contributed by atoms with Crippen LogP contribution in [-0.4, -0.2) is 17.3 Å². The van der Waals surface area contributed by atoms with Crippen molar-refractivity contribution in [1.29, 1.82) is 5.41 Å². The van der Waals surface area contributed by atoms with Gasteiger partial charge in [-0.2, -0.15) is 0 Å². The predicted molar refractivity (Wildman–Crippen MR) is 34.6 cm³/mol. The lowest BCUT2D eigenvalue weighted by Gasteiger charge is -2.05. The first kappa shape index (κ1) is 6.67. The van der Waals surface area contributed by atoms with Crippen LogP contribution in [0.15, 0.2) is 11.8 Å². The topological polar surface area (TPSA) is 84.0 Å². The van der Waals surface area contributed by atoms with Gasteiger partial charge in [-0.3, -0.25) is 9.59 Å². The Morgan fingerprint density at radius 2 is 2.10 bits per heavy atom. The van der Waals surface area contributed by atoms with E-state index < -0.39 is 5.78 Å². The third-order valence-electron chi connectivity index (χ3n) is 1.24. The molecule has 0 unspecified atom stereocenters. The van der Waals surface area contributed by atoms with Crippen molar-refractivity contribution in [2.45, 2.75) is 6.42 Å². The molecule has 0 heterocycles. The van der Waals surface area contributed by atoms with E-state index in [0.717, 1.165) is 6.08 Å². The van der Waals surface area contributed by atoms with Gasteiger partial charge in [-0.1, -0.05) is 0 Å². The summed E-state index contributed by atoms with van der Waals surface area (Å²) < 4.78 is 0. The zero-order valence-corrected chi connectivity index (χ0v) is 5.18. The van der Waals surface area contributed by atoms with Crippen LogP contribution in [0.25, 0.3) is 0 Å². The SMILES string of the molecule is N=C1CC(=O)C(N)=CC1=O. The standard InChI is InChI=1S/C6H6N2O2/c7-3-1-5(9)4(8)2-6(3)10/h1,8H,2,7H2. The summed E-state index contributed by atoms with van der Waals surface area (Å²) in [4.78, 5) is 21.3. The van der Waals surface area contributed by atoms with Crippen molar-refractivity contribution in [1.82, 2.24) is 0 Å². The molecule has 0 bridgehead atoms. The van der Waals surface area contributed by atoms with Crippen molar-refractivity contribution in [3.05, 3.63) is 11.8 Å². The molecule has 0 fully saturated rings. The van der Waals surface area contributed by atoms with Crippen LogP contribution in [0.3, 0.4) is 0 Å². The van der Waals surface area contributed by atoms with Gasteiger partial charge in [0.2, 0.25) is 5.78 Å². The molecule has 0 atom stereocenters. The minimum Gasteiger partial charge on any atom is -0.396 e. The number of ketones is 2. The Hall–Kier alpha value is -1.45. The van der Waals surface area contributed by atoms with Gasteiger partial charge in [-0.05, 0) is 0 Å². The molecule has 0 spiro atoms. The summed E-state index contributed by atoms with van der Waals surface area (Å²) >= 11 is 0. The molecule has 0 amide bonds. The van der Waals surface area contributed by atoms with E-state index in [1.54, 1.807) is 0 Å². The average molecular weight is 138 g/mol. The minimum absolute atomic E-state index is 0.0407. The summed E-state index contributed by atoms with van der Waals surface area (Å²) in [7, 11) is 0. The molecule has 4 heteroatoms. The molecule has 0 aromatic heterocycles. The molecule has 52 valence electrons. The number of allylic oxidation sites excluding steroid dienone is 2. The quantitative estimate of drug-likeness (QED) is 0.468. The van der Waals surface area contributed by atoms with Crippen LogP contribution >= 0.6 is 0 Å². The van der Waals surface area contributed by atoms with Crippen LogP contribution in [0.4, 0.5) is 0 Å². The number of hydrogen-bond donors (Lipinski definition) is 2. The lowest BCUT2D eigenvalue weighted by atomic mass is 10.0. The monoisotopic (exact) mass is 138 g/mol. The number of nitrogens with two attached hydrogens (primary N) is 1. The van der Waals surface area contributed by atoms with Crippen LogP contribution in [-0.2, 0) is 9.59 Å². The molecule has 0 aliphatic heterocycles. The molecule has 0 aromatic carbocycles. The normalized spacial score (nSPS) is 19.2. The Kier molecular flexibility index (Phi) is 1.37. The maximum Gasteiger partial charge on any atom is 0.201 e. The second-order valence-corrected chi connectivity index (χ2v) is 2.04. The smallest absolute Gasteiger partial charge is 0.201 e. The minimum atomic E-state index is -0.461. The Balaban J connectivity index is 3.01. The molecule has 0 aromatic rings. The summed E-state index contributed by atoms with van der Waals surface area (Å²) in [6, 6.07) is 0. The molecular weight excluding hydrogens is 132 g/mol. The fourth-order valence-electron chi connectivity index (χ4n) is 0.659. The highest BCUT2D eigenvalue weighted by Crippen LogP contribution is 2.03. The molecule has 3 N–H and O–H groups in total.